The van der Waals surface area contributed by atoms with E-state index < -0.39 is 0 Å². The first-order valence-electron chi connectivity index (χ1n) is 7.31. The van der Waals surface area contributed by atoms with Crippen molar-refractivity contribution in [1.82, 2.24) is 24.4 Å². The molecule has 0 aromatic carbocycles. The van der Waals surface area contributed by atoms with Gasteiger partial charge < -0.3 is 14.8 Å². The van der Waals surface area contributed by atoms with Crippen LogP contribution in [0.5, 0.6) is 0 Å². The van der Waals surface area contributed by atoms with E-state index in [-0.39, 0.29) is 0 Å². The molecule has 1 aliphatic rings. The predicted molar refractivity (Wildman–Crippen MR) is 87.3 cm³/mol. The van der Waals surface area contributed by atoms with E-state index >= 15 is 0 Å². The second kappa shape index (κ2) is 6.50. The molecule has 7 nitrogen and oxygen atoms in total. The van der Waals surface area contributed by atoms with E-state index in [2.05, 4.69) is 34.6 Å². The first kappa shape index (κ1) is 15.1. The molecule has 0 unspecified atom stereocenters. The minimum atomic E-state index is 0.461. The second-order valence-electron chi connectivity index (χ2n) is 5.33. The molecule has 0 bridgehead atoms. The van der Waals surface area contributed by atoms with Crippen LogP contribution in [0, 0.1) is 0 Å². The molecule has 2 aromatic heterocycles. The SMILES string of the molecule is CNc1c(Cl)ncnc1N1CCN(Cc2nccn2C)CC1. The zero-order chi connectivity index (χ0) is 15.5. The fourth-order valence-corrected chi connectivity index (χ4v) is 2.90. The number of rotatable bonds is 4. The zero-order valence-corrected chi connectivity index (χ0v) is 13.6. The second-order valence-corrected chi connectivity index (χ2v) is 5.69. The van der Waals surface area contributed by atoms with Gasteiger partial charge in [-0.2, -0.15) is 0 Å². The molecule has 118 valence electrons. The molecule has 0 aliphatic carbocycles. The van der Waals surface area contributed by atoms with Crippen LogP contribution in [0.4, 0.5) is 11.5 Å². The number of nitrogens with one attached hydrogen (secondary N) is 1. The molecule has 1 aliphatic heterocycles. The summed E-state index contributed by atoms with van der Waals surface area (Å²) in [5.74, 6) is 1.97. The standard InChI is InChI=1S/C14H20ClN7/c1-16-12-13(15)18-10-19-14(12)22-7-5-21(6-8-22)9-11-17-3-4-20(11)2/h3-4,10,16H,5-9H2,1-2H3. The highest BCUT2D eigenvalue weighted by Crippen LogP contribution is 2.29. The fraction of sp³-hybridized carbons (Fsp3) is 0.500. The Morgan fingerprint density at radius 3 is 2.59 bits per heavy atom. The molecule has 22 heavy (non-hydrogen) atoms. The van der Waals surface area contributed by atoms with Crippen molar-refractivity contribution in [3.05, 3.63) is 29.7 Å². The van der Waals surface area contributed by atoms with Crippen LogP contribution >= 0.6 is 11.6 Å². The number of piperazine rings is 1. The number of imidazole rings is 1. The van der Waals surface area contributed by atoms with Gasteiger partial charge in [0.25, 0.3) is 0 Å². The van der Waals surface area contributed by atoms with Gasteiger partial charge in [0.15, 0.2) is 11.0 Å². The van der Waals surface area contributed by atoms with Crippen LogP contribution in [0.3, 0.4) is 0 Å². The van der Waals surface area contributed by atoms with Crippen molar-refractivity contribution in [1.29, 1.82) is 0 Å². The number of anilines is 2. The van der Waals surface area contributed by atoms with Crippen molar-refractivity contribution in [2.45, 2.75) is 6.54 Å². The quantitative estimate of drug-likeness (QED) is 0.855. The topological polar surface area (TPSA) is 62.1 Å². The van der Waals surface area contributed by atoms with Crippen molar-refractivity contribution in [3.63, 3.8) is 0 Å². The molecule has 1 saturated heterocycles. The maximum absolute atomic E-state index is 6.13. The predicted octanol–water partition coefficient (Wildman–Crippen LogP) is 1.23. The normalized spacial score (nSPS) is 16.0. The zero-order valence-electron chi connectivity index (χ0n) is 12.8. The molecule has 3 rings (SSSR count). The number of hydrogen-bond donors (Lipinski definition) is 1. The Kier molecular flexibility index (Phi) is 4.44. The van der Waals surface area contributed by atoms with E-state index in [1.165, 1.54) is 6.33 Å². The summed E-state index contributed by atoms with van der Waals surface area (Å²) < 4.78 is 2.07. The lowest BCUT2D eigenvalue weighted by atomic mass is 10.3. The van der Waals surface area contributed by atoms with Crippen molar-refractivity contribution in [2.75, 3.05) is 43.4 Å². The van der Waals surface area contributed by atoms with E-state index in [0.29, 0.717) is 5.15 Å². The van der Waals surface area contributed by atoms with Gasteiger partial charge >= 0.3 is 0 Å². The molecule has 0 amide bonds. The van der Waals surface area contributed by atoms with Crippen molar-refractivity contribution < 1.29 is 0 Å². The largest absolute Gasteiger partial charge is 0.383 e. The summed E-state index contributed by atoms with van der Waals surface area (Å²) in [7, 11) is 3.87. The van der Waals surface area contributed by atoms with Crippen molar-refractivity contribution in [3.8, 4) is 0 Å². The van der Waals surface area contributed by atoms with Crippen LogP contribution in [0.25, 0.3) is 0 Å². The van der Waals surface area contributed by atoms with Crippen molar-refractivity contribution >= 4 is 23.1 Å². The lowest BCUT2D eigenvalue weighted by Gasteiger charge is -2.35. The first-order valence-corrected chi connectivity index (χ1v) is 7.68. The number of hydrogen-bond acceptors (Lipinski definition) is 6. The molecule has 0 spiro atoms. The van der Waals surface area contributed by atoms with Gasteiger partial charge in [-0.1, -0.05) is 11.6 Å². The Balaban J connectivity index is 1.65. The van der Waals surface area contributed by atoms with E-state index in [1.54, 1.807) is 0 Å². The maximum atomic E-state index is 6.13. The van der Waals surface area contributed by atoms with Gasteiger partial charge in [0, 0.05) is 52.7 Å². The van der Waals surface area contributed by atoms with Crippen LogP contribution in [-0.4, -0.2) is 57.6 Å². The Labute approximate surface area is 134 Å². The minimum absolute atomic E-state index is 0.461. The smallest absolute Gasteiger partial charge is 0.157 e. The minimum Gasteiger partial charge on any atom is -0.383 e. The molecule has 0 saturated carbocycles. The van der Waals surface area contributed by atoms with Crippen LogP contribution in [-0.2, 0) is 13.6 Å². The molecule has 3 heterocycles. The summed E-state index contributed by atoms with van der Waals surface area (Å²) in [5.41, 5.74) is 0.793. The highest BCUT2D eigenvalue weighted by atomic mass is 35.5. The van der Waals surface area contributed by atoms with Crippen molar-refractivity contribution in [2.24, 2.45) is 7.05 Å². The van der Waals surface area contributed by atoms with Gasteiger partial charge in [0.2, 0.25) is 0 Å². The van der Waals surface area contributed by atoms with E-state index in [1.807, 2.05) is 26.5 Å². The molecule has 1 N–H and O–H groups in total. The summed E-state index contributed by atoms with van der Waals surface area (Å²) in [5, 5.41) is 3.55. The molecule has 0 atom stereocenters. The van der Waals surface area contributed by atoms with Crippen LogP contribution in [0.2, 0.25) is 5.15 Å². The van der Waals surface area contributed by atoms with Gasteiger partial charge in [0.1, 0.15) is 17.8 Å². The maximum Gasteiger partial charge on any atom is 0.157 e. The van der Waals surface area contributed by atoms with E-state index in [0.717, 1.165) is 50.1 Å². The number of aryl methyl sites for hydroxylation is 1. The first-order chi connectivity index (χ1) is 10.7. The highest BCUT2D eigenvalue weighted by molar-refractivity contribution is 6.32. The summed E-state index contributed by atoms with van der Waals surface area (Å²) in [4.78, 5) is 17.4. The number of nitrogens with zero attached hydrogens (tertiary/aromatic N) is 6. The Hall–Kier alpha value is -1.86. The van der Waals surface area contributed by atoms with E-state index in [9.17, 15) is 0 Å². The van der Waals surface area contributed by atoms with Gasteiger partial charge in [-0.3, -0.25) is 4.90 Å². The summed E-state index contributed by atoms with van der Waals surface area (Å²) in [6, 6.07) is 0. The van der Waals surface area contributed by atoms with Crippen LogP contribution in [0.15, 0.2) is 18.7 Å². The highest BCUT2D eigenvalue weighted by Gasteiger charge is 2.22. The fourth-order valence-electron chi connectivity index (χ4n) is 2.68. The Bertz CT molecular complexity index is 634. The summed E-state index contributed by atoms with van der Waals surface area (Å²) in [6.45, 7) is 4.63. The molecular formula is C14H20ClN7. The van der Waals surface area contributed by atoms with Gasteiger partial charge in [-0.15, -0.1) is 0 Å². The Morgan fingerprint density at radius 1 is 1.18 bits per heavy atom. The van der Waals surface area contributed by atoms with Gasteiger partial charge in [0.05, 0.1) is 6.54 Å². The van der Waals surface area contributed by atoms with Crippen LogP contribution in [0.1, 0.15) is 5.82 Å². The summed E-state index contributed by atoms with van der Waals surface area (Å²) >= 11 is 6.13. The molecule has 1 fully saturated rings. The lowest BCUT2D eigenvalue weighted by molar-refractivity contribution is 0.241. The Morgan fingerprint density at radius 2 is 1.95 bits per heavy atom. The average molecular weight is 322 g/mol. The van der Waals surface area contributed by atoms with E-state index in [4.69, 9.17) is 11.6 Å². The third-order valence-corrected chi connectivity index (χ3v) is 4.28. The monoisotopic (exact) mass is 321 g/mol. The van der Waals surface area contributed by atoms with Gasteiger partial charge in [-0.05, 0) is 0 Å². The number of aromatic nitrogens is 4. The third kappa shape index (κ3) is 3.00. The van der Waals surface area contributed by atoms with Gasteiger partial charge in [-0.25, -0.2) is 15.0 Å². The number of halogens is 1. The molecular weight excluding hydrogens is 302 g/mol. The third-order valence-electron chi connectivity index (χ3n) is 3.99. The average Bonchev–Trinajstić information content (AvgIpc) is 2.93. The van der Waals surface area contributed by atoms with Crippen LogP contribution < -0.4 is 10.2 Å². The molecule has 8 heteroatoms. The molecule has 0 radical (unpaired) electrons. The lowest BCUT2D eigenvalue weighted by Crippen LogP contribution is -2.46. The molecule has 2 aromatic rings. The summed E-state index contributed by atoms with van der Waals surface area (Å²) in [6.07, 6.45) is 5.33.